The number of H-pyrrole nitrogens is 2. The fraction of sp³-hybridized carbons (Fsp3) is 0.500. The first-order valence-corrected chi connectivity index (χ1v) is 9.93. The molecule has 23 heavy (non-hydrogen) atoms. The summed E-state index contributed by atoms with van der Waals surface area (Å²) in [5.74, 6) is -0.320. The molecule has 0 bridgehead atoms. The number of hydrogen-bond donors (Lipinski definition) is 4. The average Bonchev–Trinajstić information content (AvgIpc) is 3.26. The standard InChI is InChI=1S/C9H18N4OSi.C3H4N4O/c1-4-15(5-2,6-3)13-9(14)8-10-7-11-12-8;4-2(8)3-5-1-6-7-3/h7H,4-6H2,1-3H3,(H,13,14)(H,10,11,12);1H,(H2,4,8)(H,5,6,7). The molecule has 2 aromatic heterocycles. The maximum atomic E-state index is 11.8. The first-order valence-electron chi connectivity index (χ1n) is 7.31. The third-order valence-electron chi connectivity index (χ3n) is 3.69. The van der Waals surface area contributed by atoms with Crippen molar-refractivity contribution in [3.8, 4) is 0 Å². The molecule has 0 aliphatic heterocycles. The van der Waals surface area contributed by atoms with E-state index >= 15 is 0 Å². The van der Waals surface area contributed by atoms with Crippen LogP contribution < -0.4 is 10.7 Å². The second kappa shape index (κ2) is 8.78. The van der Waals surface area contributed by atoms with E-state index in [1.54, 1.807) is 0 Å². The van der Waals surface area contributed by atoms with Crippen LogP contribution in [0.5, 0.6) is 0 Å². The Morgan fingerprint density at radius 3 is 1.83 bits per heavy atom. The highest BCUT2D eigenvalue weighted by atomic mass is 28.3. The minimum atomic E-state index is -1.62. The quantitative estimate of drug-likeness (QED) is 0.560. The van der Waals surface area contributed by atoms with Gasteiger partial charge in [-0.2, -0.15) is 10.2 Å². The normalized spacial score (nSPS) is 10.6. The molecule has 0 spiro atoms. The Balaban J connectivity index is 0.000000277. The number of carbonyl (C=O) groups excluding carboxylic acids is 2. The molecule has 2 aromatic rings. The molecule has 0 saturated heterocycles. The predicted molar refractivity (Wildman–Crippen MR) is 85.9 cm³/mol. The van der Waals surface area contributed by atoms with Crippen molar-refractivity contribution in [1.82, 2.24) is 35.3 Å². The first kappa shape index (κ1) is 18.5. The maximum Gasteiger partial charge on any atom is 0.286 e. The van der Waals surface area contributed by atoms with Crippen molar-refractivity contribution in [3.05, 3.63) is 24.3 Å². The number of aromatic amines is 2. The molecule has 2 rings (SSSR count). The number of aromatic nitrogens is 6. The van der Waals surface area contributed by atoms with E-state index in [1.807, 2.05) is 0 Å². The molecule has 0 radical (unpaired) electrons. The number of hydrogen-bond acceptors (Lipinski definition) is 6. The molecule has 0 aliphatic carbocycles. The third-order valence-corrected chi connectivity index (χ3v) is 8.51. The fourth-order valence-electron chi connectivity index (χ4n) is 1.95. The van der Waals surface area contributed by atoms with Gasteiger partial charge in [0.1, 0.15) is 12.7 Å². The summed E-state index contributed by atoms with van der Waals surface area (Å²) < 4.78 is 0. The van der Waals surface area contributed by atoms with E-state index in [0.717, 1.165) is 18.1 Å². The summed E-state index contributed by atoms with van der Waals surface area (Å²) in [6.45, 7) is 6.42. The van der Waals surface area contributed by atoms with Crippen LogP contribution in [0.15, 0.2) is 12.7 Å². The zero-order valence-electron chi connectivity index (χ0n) is 13.5. The number of rotatable bonds is 6. The van der Waals surface area contributed by atoms with Crippen LogP contribution in [0.2, 0.25) is 18.1 Å². The largest absolute Gasteiger partial charge is 0.375 e. The molecular formula is C12H22N8O2Si. The summed E-state index contributed by atoms with van der Waals surface area (Å²) in [5.41, 5.74) is 4.79. The van der Waals surface area contributed by atoms with Crippen molar-refractivity contribution in [3.63, 3.8) is 0 Å². The van der Waals surface area contributed by atoms with Crippen LogP contribution >= 0.6 is 0 Å². The van der Waals surface area contributed by atoms with E-state index in [2.05, 4.69) is 56.1 Å². The Kier molecular flexibility index (Phi) is 7.05. The molecule has 0 aromatic carbocycles. The number of nitrogens with zero attached hydrogens (tertiary/aromatic N) is 4. The van der Waals surface area contributed by atoms with Gasteiger partial charge in [-0.15, -0.1) is 0 Å². The van der Waals surface area contributed by atoms with Crippen molar-refractivity contribution in [2.45, 2.75) is 38.9 Å². The second-order valence-corrected chi connectivity index (χ2v) is 9.76. The summed E-state index contributed by atoms with van der Waals surface area (Å²) in [6.07, 6.45) is 2.57. The summed E-state index contributed by atoms with van der Waals surface area (Å²) in [6, 6.07) is 3.17. The summed E-state index contributed by atoms with van der Waals surface area (Å²) in [5, 5.41) is 12.0. The van der Waals surface area contributed by atoms with Crippen LogP contribution in [0.25, 0.3) is 0 Å². The number of nitrogens with two attached hydrogens (primary N) is 1. The van der Waals surface area contributed by atoms with E-state index in [-0.39, 0.29) is 11.7 Å². The zero-order chi connectivity index (χ0) is 17.3. The van der Waals surface area contributed by atoms with Crippen LogP contribution in [0.4, 0.5) is 0 Å². The molecule has 0 atom stereocenters. The van der Waals surface area contributed by atoms with Gasteiger partial charge >= 0.3 is 0 Å². The predicted octanol–water partition coefficient (Wildman–Crippen LogP) is 0.443. The monoisotopic (exact) mass is 338 g/mol. The van der Waals surface area contributed by atoms with Gasteiger partial charge in [-0.25, -0.2) is 9.97 Å². The molecule has 11 heteroatoms. The van der Waals surface area contributed by atoms with Gasteiger partial charge in [0.25, 0.3) is 11.8 Å². The maximum absolute atomic E-state index is 11.8. The Morgan fingerprint density at radius 2 is 1.52 bits per heavy atom. The lowest BCUT2D eigenvalue weighted by atomic mass is 10.6. The van der Waals surface area contributed by atoms with Gasteiger partial charge in [-0.1, -0.05) is 20.8 Å². The molecule has 0 aliphatic rings. The smallest absolute Gasteiger partial charge is 0.286 e. The number of primary amides is 1. The van der Waals surface area contributed by atoms with E-state index in [4.69, 9.17) is 5.73 Å². The van der Waals surface area contributed by atoms with Gasteiger partial charge in [0.05, 0.1) is 0 Å². The molecule has 0 fully saturated rings. The Hall–Kier alpha value is -2.56. The van der Waals surface area contributed by atoms with Gasteiger partial charge in [0, 0.05) is 0 Å². The summed E-state index contributed by atoms with van der Waals surface area (Å²) in [7, 11) is -1.62. The van der Waals surface area contributed by atoms with Gasteiger partial charge in [-0.3, -0.25) is 19.8 Å². The topological polar surface area (TPSA) is 155 Å². The highest BCUT2D eigenvalue weighted by Gasteiger charge is 2.30. The first-order chi connectivity index (χ1) is 11.0. The molecule has 2 heterocycles. The van der Waals surface area contributed by atoms with Crippen LogP contribution in [-0.2, 0) is 0 Å². The van der Waals surface area contributed by atoms with Gasteiger partial charge in [-0.05, 0) is 18.1 Å². The van der Waals surface area contributed by atoms with Crippen molar-refractivity contribution in [1.29, 1.82) is 0 Å². The van der Waals surface area contributed by atoms with Crippen LogP contribution in [0.1, 0.15) is 42.0 Å². The van der Waals surface area contributed by atoms with E-state index in [0.29, 0.717) is 5.82 Å². The number of amides is 2. The Labute approximate surface area is 134 Å². The van der Waals surface area contributed by atoms with Crippen molar-refractivity contribution < 1.29 is 9.59 Å². The zero-order valence-corrected chi connectivity index (χ0v) is 14.5. The van der Waals surface area contributed by atoms with Crippen LogP contribution in [-0.4, -0.2) is 50.4 Å². The molecule has 5 N–H and O–H groups in total. The van der Waals surface area contributed by atoms with Gasteiger partial charge in [0.15, 0.2) is 8.24 Å². The van der Waals surface area contributed by atoms with E-state index < -0.39 is 14.1 Å². The molecule has 126 valence electrons. The minimum absolute atomic E-state index is 0.0880. The van der Waals surface area contributed by atoms with Crippen LogP contribution in [0, 0.1) is 0 Å². The van der Waals surface area contributed by atoms with Gasteiger partial charge in [0.2, 0.25) is 11.6 Å². The van der Waals surface area contributed by atoms with Crippen molar-refractivity contribution >= 4 is 20.0 Å². The molecule has 0 saturated carbocycles. The summed E-state index contributed by atoms with van der Waals surface area (Å²) >= 11 is 0. The summed E-state index contributed by atoms with van der Waals surface area (Å²) in [4.78, 5) is 32.4. The second-order valence-electron chi connectivity index (χ2n) is 4.83. The average molecular weight is 338 g/mol. The highest BCUT2D eigenvalue weighted by Crippen LogP contribution is 2.16. The van der Waals surface area contributed by atoms with Crippen molar-refractivity contribution in [2.75, 3.05) is 0 Å². The Bertz CT molecular complexity index is 586. The van der Waals surface area contributed by atoms with Crippen LogP contribution in [0.3, 0.4) is 0 Å². The lowest BCUT2D eigenvalue weighted by molar-refractivity contribution is 0.0965. The molecule has 0 unspecified atom stereocenters. The Morgan fingerprint density at radius 1 is 1.04 bits per heavy atom. The minimum Gasteiger partial charge on any atom is -0.375 e. The SMILES string of the molecule is CC[Si](CC)(CC)NC(=O)c1ncn[nH]1.NC(=O)c1ncn[nH]1. The molecule has 10 nitrogen and oxygen atoms in total. The number of carbonyl (C=O) groups is 2. The van der Waals surface area contributed by atoms with Gasteiger partial charge < -0.3 is 10.7 Å². The van der Waals surface area contributed by atoms with E-state index in [9.17, 15) is 9.59 Å². The molecule has 2 amide bonds. The van der Waals surface area contributed by atoms with E-state index in [1.165, 1.54) is 12.7 Å². The number of nitrogens with one attached hydrogen (secondary N) is 3. The fourth-order valence-corrected chi connectivity index (χ4v) is 4.58. The molecular weight excluding hydrogens is 316 g/mol. The lowest BCUT2D eigenvalue weighted by Gasteiger charge is -2.28. The third kappa shape index (κ3) is 5.29. The van der Waals surface area contributed by atoms with Crippen molar-refractivity contribution in [2.24, 2.45) is 5.73 Å². The lowest BCUT2D eigenvalue weighted by Crippen LogP contribution is -2.52. The highest BCUT2D eigenvalue weighted by molar-refractivity contribution is 6.79.